The molecule has 0 saturated heterocycles. The van der Waals surface area contributed by atoms with Crippen LogP contribution in [0.4, 0.5) is 0 Å². The second-order valence-corrected chi connectivity index (χ2v) is 2.31. The predicted octanol–water partition coefficient (Wildman–Crippen LogP) is 1.80. The van der Waals surface area contributed by atoms with Crippen LogP contribution in [0.5, 0.6) is 0 Å². The van der Waals surface area contributed by atoms with Gasteiger partial charge in [0.25, 0.3) is 0 Å². The van der Waals surface area contributed by atoms with E-state index in [0.717, 1.165) is 6.42 Å². The number of rotatable bonds is 0. The molecule has 0 fully saturated rings. The number of nitrogens with zero attached hydrogens (tertiary/aromatic N) is 1. The van der Waals surface area contributed by atoms with Crippen molar-refractivity contribution in [2.45, 2.75) is 26.3 Å². The first-order valence-electron chi connectivity index (χ1n) is 2.99. The Kier molecular flexibility index (Phi) is 1.47. The van der Waals surface area contributed by atoms with Gasteiger partial charge in [-0.2, -0.15) is 0 Å². The molecule has 1 heterocycles. The smallest absolute Gasteiger partial charge is 0.0506 e. The van der Waals surface area contributed by atoms with E-state index in [-0.39, 0.29) is 0 Å². The molecule has 8 heavy (non-hydrogen) atoms. The van der Waals surface area contributed by atoms with Crippen LogP contribution >= 0.6 is 0 Å². The lowest BCUT2D eigenvalue weighted by Crippen LogP contribution is -2.01. The van der Waals surface area contributed by atoms with E-state index in [9.17, 15) is 0 Å². The summed E-state index contributed by atoms with van der Waals surface area (Å²) in [5, 5.41) is 0. The van der Waals surface area contributed by atoms with Crippen molar-refractivity contribution in [3.05, 3.63) is 11.6 Å². The van der Waals surface area contributed by atoms with Crippen molar-refractivity contribution >= 4 is 6.21 Å². The fraction of sp³-hybridized carbons (Fsp3) is 0.571. The zero-order chi connectivity index (χ0) is 5.98. The van der Waals surface area contributed by atoms with Gasteiger partial charge in [-0.1, -0.05) is 6.08 Å². The molecule has 1 heteroatoms. The van der Waals surface area contributed by atoms with Gasteiger partial charge in [-0.3, -0.25) is 4.99 Å². The zero-order valence-electron chi connectivity index (χ0n) is 5.39. The summed E-state index contributed by atoms with van der Waals surface area (Å²) in [4.78, 5) is 4.22. The van der Waals surface area contributed by atoms with Gasteiger partial charge >= 0.3 is 0 Å². The SMILES string of the molecule is CC1=CCC(C)N=C1. The first kappa shape index (κ1) is 5.54. The van der Waals surface area contributed by atoms with Crippen LogP contribution in [0, 0.1) is 0 Å². The van der Waals surface area contributed by atoms with Gasteiger partial charge in [0.05, 0.1) is 6.04 Å². The van der Waals surface area contributed by atoms with Gasteiger partial charge in [0.15, 0.2) is 0 Å². The number of aliphatic imine (C=N–C) groups is 1. The fourth-order valence-corrected chi connectivity index (χ4v) is 0.715. The summed E-state index contributed by atoms with van der Waals surface area (Å²) in [7, 11) is 0. The molecule has 0 aromatic rings. The Bertz CT molecular complexity index is 133. The van der Waals surface area contributed by atoms with E-state index < -0.39 is 0 Å². The van der Waals surface area contributed by atoms with Crippen LogP contribution in [0.3, 0.4) is 0 Å². The van der Waals surface area contributed by atoms with E-state index in [1.54, 1.807) is 0 Å². The van der Waals surface area contributed by atoms with Crippen molar-refractivity contribution < 1.29 is 0 Å². The number of dihydropyridines is 1. The third-order valence-electron chi connectivity index (χ3n) is 1.31. The quantitative estimate of drug-likeness (QED) is 0.449. The number of allylic oxidation sites excluding steroid dienone is 1. The van der Waals surface area contributed by atoms with Gasteiger partial charge in [0, 0.05) is 6.21 Å². The van der Waals surface area contributed by atoms with Crippen molar-refractivity contribution in [1.82, 2.24) is 0 Å². The maximum atomic E-state index is 4.22. The van der Waals surface area contributed by atoms with Crippen LogP contribution in [0.15, 0.2) is 16.6 Å². The highest BCUT2D eigenvalue weighted by atomic mass is 14.8. The van der Waals surface area contributed by atoms with Gasteiger partial charge in [-0.25, -0.2) is 0 Å². The van der Waals surface area contributed by atoms with Crippen molar-refractivity contribution in [2.24, 2.45) is 4.99 Å². The van der Waals surface area contributed by atoms with E-state index in [1.165, 1.54) is 5.57 Å². The van der Waals surface area contributed by atoms with Crippen LogP contribution in [0.1, 0.15) is 20.3 Å². The molecule has 1 aliphatic rings. The molecule has 0 aromatic carbocycles. The monoisotopic (exact) mass is 109 g/mol. The Balaban J connectivity index is 2.58. The minimum absolute atomic E-state index is 0.513. The zero-order valence-corrected chi connectivity index (χ0v) is 5.39. The second-order valence-electron chi connectivity index (χ2n) is 2.31. The summed E-state index contributed by atoms with van der Waals surface area (Å²) in [6, 6.07) is 0.513. The third-order valence-corrected chi connectivity index (χ3v) is 1.31. The van der Waals surface area contributed by atoms with Gasteiger partial charge in [-0.15, -0.1) is 0 Å². The Hall–Kier alpha value is -0.590. The number of hydrogen-bond acceptors (Lipinski definition) is 1. The molecular formula is C7H11N. The van der Waals surface area contributed by atoms with Gasteiger partial charge < -0.3 is 0 Å². The van der Waals surface area contributed by atoms with Crippen molar-refractivity contribution in [3.63, 3.8) is 0 Å². The van der Waals surface area contributed by atoms with E-state index in [0.29, 0.717) is 6.04 Å². The lowest BCUT2D eigenvalue weighted by molar-refractivity contribution is 0.752. The first-order chi connectivity index (χ1) is 3.79. The predicted molar refractivity (Wildman–Crippen MR) is 36.3 cm³/mol. The summed E-state index contributed by atoms with van der Waals surface area (Å²) in [5.74, 6) is 0. The first-order valence-corrected chi connectivity index (χ1v) is 2.99. The van der Waals surface area contributed by atoms with Crippen LogP contribution < -0.4 is 0 Å². The maximum absolute atomic E-state index is 4.22. The molecule has 0 bridgehead atoms. The highest BCUT2D eigenvalue weighted by molar-refractivity contribution is 5.78. The molecule has 0 amide bonds. The highest BCUT2D eigenvalue weighted by Crippen LogP contribution is 2.05. The molecule has 0 spiro atoms. The van der Waals surface area contributed by atoms with Crippen molar-refractivity contribution in [1.29, 1.82) is 0 Å². The molecule has 0 aliphatic carbocycles. The minimum atomic E-state index is 0.513. The van der Waals surface area contributed by atoms with Crippen LogP contribution in [0.2, 0.25) is 0 Å². The van der Waals surface area contributed by atoms with Gasteiger partial charge in [0.2, 0.25) is 0 Å². The standard InChI is InChI=1S/C7H11N/c1-6-3-4-7(2)8-5-6/h3,5,7H,4H2,1-2H3. The summed E-state index contributed by atoms with van der Waals surface area (Å²) < 4.78 is 0. The molecule has 0 N–H and O–H groups in total. The van der Waals surface area contributed by atoms with Crippen LogP contribution in [-0.4, -0.2) is 12.3 Å². The molecular weight excluding hydrogens is 98.1 g/mol. The van der Waals surface area contributed by atoms with Crippen molar-refractivity contribution in [2.75, 3.05) is 0 Å². The van der Waals surface area contributed by atoms with Gasteiger partial charge in [0.1, 0.15) is 0 Å². The molecule has 1 nitrogen and oxygen atoms in total. The lowest BCUT2D eigenvalue weighted by Gasteiger charge is -2.06. The Labute approximate surface area is 50.1 Å². The molecule has 1 aliphatic heterocycles. The average Bonchev–Trinajstić information content (AvgIpc) is 1.77. The minimum Gasteiger partial charge on any atom is -0.290 e. The number of hydrogen-bond donors (Lipinski definition) is 0. The summed E-state index contributed by atoms with van der Waals surface area (Å²) >= 11 is 0. The maximum Gasteiger partial charge on any atom is 0.0506 e. The average molecular weight is 109 g/mol. The Morgan fingerprint density at radius 2 is 2.50 bits per heavy atom. The fourth-order valence-electron chi connectivity index (χ4n) is 0.715. The van der Waals surface area contributed by atoms with Gasteiger partial charge in [-0.05, 0) is 25.8 Å². The third kappa shape index (κ3) is 1.19. The highest BCUT2D eigenvalue weighted by Gasteiger charge is 1.98. The Morgan fingerprint density at radius 3 is 2.88 bits per heavy atom. The molecule has 0 radical (unpaired) electrons. The molecule has 0 saturated carbocycles. The van der Waals surface area contributed by atoms with E-state index in [4.69, 9.17) is 0 Å². The van der Waals surface area contributed by atoms with Crippen molar-refractivity contribution in [3.8, 4) is 0 Å². The molecule has 44 valence electrons. The van der Waals surface area contributed by atoms with Crippen LogP contribution in [0.25, 0.3) is 0 Å². The lowest BCUT2D eigenvalue weighted by atomic mass is 10.1. The topological polar surface area (TPSA) is 12.4 Å². The van der Waals surface area contributed by atoms with E-state index >= 15 is 0 Å². The molecule has 0 aromatic heterocycles. The largest absolute Gasteiger partial charge is 0.290 e. The van der Waals surface area contributed by atoms with E-state index in [2.05, 4.69) is 24.9 Å². The molecule has 1 unspecified atom stereocenters. The summed E-state index contributed by atoms with van der Waals surface area (Å²) in [6.45, 7) is 4.20. The normalized spacial score (nSPS) is 27.8. The second kappa shape index (κ2) is 2.12. The Morgan fingerprint density at radius 1 is 1.75 bits per heavy atom. The summed E-state index contributed by atoms with van der Waals surface area (Å²) in [5.41, 5.74) is 1.29. The molecule has 1 rings (SSSR count). The van der Waals surface area contributed by atoms with E-state index in [1.807, 2.05) is 6.21 Å². The summed E-state index contributed by atoms with van der Waals surface area (Å²) in [6.07, 6.45) is 5.27. The van der Waals surface area contributed by atoms with Crippen LogP contribution in [-0.2, 0) is 0 Å². The molecule has 1 atom stereocenters.